The van der Waals surface area contributed by atoms with Crippen LogP contribution in [0.2, 0.25) is 0 Å². The molecule has 0 radical (unpaired) electrons. The van der Waals surface area contributed by atoms with Crippen LogP contribution in [-0.4, -0.2) is 35.4 Å². The van der Waals surface area contributed by atoms with Gasteiger partial charge in [-0.2, -0.15) is 0 Å². The van der Waals surface area contributed by atoms with Crippen LogP contribution in [0.5, 0.6) is 0 Å². The summed E-state index contributed by atoms with van der Waals surface area (Å²) >= 11 is 0. The third-order valence-corrected chi connectivity index (χ3v) is 2.16. The molecule has 0 aliphatic rings. The molecule has 0 rings (SSSR count). The van der Waals surface area contributed by atoms with Gasteiger partial charge in [0.1, 0.15) is 11.6 Å². The van der Waals surface area contributed by atoms with Gasteiger partial charge in [0.25, 0.3) is 0 Å². The minimum atomic E-state index is -0.469. The average molecular weight is 245 g/mol. The van der Waals surface area contributed by atoms with Gasteiger partial charge in [-0.05, 0) is 40.0 Å². The summed E-state index contributed by atoms with van der Waals surface area (Å²) < 4.78 is 5.23. The first-order valence-electron chi connectivity index (χ1n) is 6.26. The maximum absolute atomic E-state index is 11.6. The van der Waals surface area contributed by atoms with Crippen molar-refractivity contribution >= 4 is 5.97 Å². The Morgan fingerprint density at radius 2 is 1.82 bits per heavy atom. The van der Waals surface area contributed by atoms with Crippen LogP contribution in [0.15, 0.2) is 0 Å². The van der Waals surface area contributed by atoms with Crippen molar-refractivity contribution in [2.45, 2.75) is 65.7 Å². The van der Waals surface area contributed by atoms with Crippen molar-refractivity contribution in [2.24, 2.45) is 5.92 Å². The van der Waals surface area contributed by atoms with Crippen molar-refractivity contribution in [2.75, 3.05) is 6.54 Å². The summed E-state index contributed by atoms with van der Waals surface area (Å²) in [6.07, 6.45) is 0.313. The Labute approximate surface area is 105 Å². The first kappa shape index (κ1) is 16.4. The molecule has 0 aliphatic heterocycles. The van der Waals surface area contributed by atoms with Gasteiger partial charge in [-0.15, -0.1) is 0 Å². The second kappa shape index (κ2) is 6.97. The van der Waals surface area contributed by atoms with E-state index in [-0.39, 0.29) is 5.97 Å². The predicted molar refractivity (Wildman–Crippen MR) is 68.8 cm³/mol. The molecule has 0 heterocycles. The second-order valence-electron chi connectivity index (χ2n) is 5.95. The summed E-state index contributed by atoms with van der Waals surface area (Å²) in [6, 6.07) is -0.393. The number of hydrogen-bond acceptors (Lipinski definition) is 4. The van der Waals surface area contributed by atoms with Gasteiger partial charge in [0.15, 0.2) is 0 Å². The second-order valence-corrected chi connectivity index (χ2v) is 5.95. The molecule has 4 nitrogen and oxygen atoms in total. The van der Waals surface area contributed by atoms with E-state index in [0.717, 1.165) is 6.42 Å². The topological polar surface area (TPSA) is 58.6 Å². The Morgan fingerprint density at radius 1 is 1.29 bits per heavy atom. The highest BCUT2D eigenvalue weighted by atomic mass is 16.6. The minimum absolute atomic E-state index is 0.283. The van der Waals surface area contributed by atoms with E-state index in [1.807, 2.05) is 20.8 Å². The normalized spacial score (nSPS) is 15.8. The molecule has 0 spiro atoms. The van der Waals surface area contributed by atoms with E-state index < -0.39 is 17.7 Å². The van der Waals surface area contributed by atoms with Gasteiger partial charge < -0.3 is 15.2 Å². The molecule has 0 saturated carbocycles. The van der Waals surface area contributed by atoms with Crippen LogP contribution in [0, 0.1) is 5.92 Å². The SMILES string of the molecule is CC(C)CC(O)CNC(C)C(=O)OC(C)(C)C. The zero-order valence-electron chi connectivity index (χ0n) is 11.9. The standard InChI is InChI=1S/C13H27NO3/c1-9(2)7-11(15)8-14-10(3)12(16)17-13(4,5)6/h9-11,14-15H,7-8H2,1-6H3. The van der Waals surface area contributed by atoms with E-state index in [2.05, 4.69) is 19.2 Å². The van der Waals surface area contributed by atoms with Crippen molar-refractivity contribution in [1.29, 1.82) is 0 Å². The molecule has 2 N–H and O–H groups in total. The third kappa shape index (κ3) is 9.12. The zero-order valence-corrected chi connectivity index (χ0v) is 11.9. The first-order chi connectivity index (χ1) is 7.61. The molecule has 2 atom stereocenters. The molecule has 0 amide bonds. The molecule has 0 saturated heterocycles. The highest BCUT2D eigenvalue weighted by Crippen LogP contribution is 2.08. The fourth-order valence-electron chi connectivity index (χ4n) is 1.41. The average Bonchev–Trinajstić information content (AvgIpc) is 2.10. The van der Waals surface area contributed by atoms with E-state index in [1.165, 1.54) is 0 Å². The Morgan fingerprint density at radius 3 is 2.24 bits per heavy atom. The summed E-state index contributed by atoms with van der Waals surface area (Å²) in [5.74, 6) is 0.165. The van der Waals surface area contributed by atoms with E-state index in [1.54, 1.807) is 6.92 Å². The van der Waals surface area contributed by atoms with Crippen LogP contribution in [0.1, 0.15) is 48.0 Å². The van der Waals surface area contributed by atoms with Crippen molar-refractivity contribution in [3.63, 3.8) is 0 Å². The highest BCUT2D eigenvalue weighted by Gasteiger charge is 2.21. The summed E-state index contributed by atoms with van der Waals surface area (Å²) in [6.45, 7) is 11.8. The van der Waals surface area contributed by atoms with Gasteiger partial charge in [-0.1, -0.05) is 13.8 Å². The maximum atomic E-state index is 11.6. The number of nitrogens with one attached hydrogen (secondary N) is 1. The molecule has 17 heavy (non-hydrogen) atoms. The van der Waals surface area contributed by atoms with Crippen LogP contribution >= 0.6 is 0 Å². The van der Waals surface area contributed by atoms with E-state index >= 15 is 0 Å². The molecule has 102 valence electrons. The van der Waals surface area contributed by atoms with Gasteiger partial charge in [-0.3, -0.25) is 4.79 Å². The number of aliphatic hydroxyl groups is 1. The largest absolute Gasteiger partial charge is 0.459 e. The summed E-state index contributed by atoms with van der Waals surface area (Å²) in [5.41, 5.74) is -0.469. The maximum Gasteiger partial charge on any atom is 0.323 e. The quantitative estimate of drug-likeness (QED) is 0.699. The molecule has 0 fully saturated rings. The van der Waals surface area contributed by atoms with E-state index in [0.29, 0.717) is 12.5 Å². The van der Waals surface area contributed by atoms with Gasteiger partial charge >= 0.3 is 5.97 Å². The lowest BCUT2D eigenvalue weighted by Gasteiger charge is -2.23. The van der Waals surface area contributed by atoms with Crippen LogP contribution < -0.4 is 5.32 Å². The molecular formula is C13H27NO3. The smallest absolute Gasteiger partial charge is 0.323 e. The fraction of sp³-hybridized carbons (Fsp3) is 0.923. The number of rotatable bonds is 6. The van der Waals surface area contributed by atoms with Crippen LogP contribution in [0.25, 0.3) is 0 Å². The lowest BCUT2D eigenvalue weighted by Crippen LogP contribution is -2.42. The van der Waals surface area contributed by atoms with E-state index in [4.69, 9.17) is 4.74 Å². The molecule has 0 aromatic heterocycles. The first-order valence-corrected chi connectivity index (χ1v) is 6.26. The van der Waals surface area contributed by atoms with Crippen LogP contribution in [0.4, 0.5) is 0 Å². The van der Waals surface area contributed by atoms with Gasteiger partial charge in [0.2, 0.25) is 0 Å². The third-order valence-electron chi connectivity index (χ3n) is 2.16. The molecule has 2 unspecified atom stereocenters. The molecule has 0 aromatic rings. The number of carbonyl (C=O) groups excluding carboxylic acids is 1. The summed E-state index contributed by atoms with van der Waals surface area (Å²) in [5, 5.41) is 12.7. The Bertz CT molecular complexity index is 233. The Hall–Kier alpha value is -0.610. The Kier molecular flexibility index (Phi) is 6.72. The van der Waals surface area contributed by atoms with Crippen molar-refractivity contribution < 1.29 is 14.6 Å². The number of hydrogen-bond donors (Lipinski definition) is 2. The van der Waals surface area contributed by atoms with Crippen molar-refractivity contribution in [1.82, 2.24) is 5.32 Å². The monoisotopic (exact) mass is 245 g/mol. The lowest BCUT2D eigenvalue weighted by molar-refractivity contribution is -0.157. The molecule has 4 heteroatoms. The molecular weight excluding hydrogens is 218 g/mol. The lowest BCUT2D eigenvalue weighted by atomic mass is 10.1. The zero-order chi connectivity index (χ0) is 13.6. The number of esters is 1. The molecule has 0 aromatic carbocycles. The van der Waals surface area contributed by atoms with Crippen LogP contribution in [0.3, 0.4) is 0 Å². The summed E-state index contributed by atoms with van der Waals surface area (Å²) in [4.78, 5) is 11.6. The minimum Gasteiger partial charge on any atom is -0.459 e. The fourth-order valence-corrected chi connectivity index (χ4v) is 1.41. The van der Waals surface area contributed by atoms with Gasteiger partial charge in [0.05, 0.1) is 6.10 Å². The number of ether oxygens (including phenoxy) is 1. The molecule has 0 bridgehead atoms. The van der Waals surface area contributed by atoms with Crippen molar-refractivity contribution in [3.05, 3.63) is 0 Å². The van der Waals surface area contributed by atoms with Crippen LogP contribution in [-0.2, 0) is 9.53 Å². The van der Waals surface area contributed by atoms with Crippen molar-refractivity contribution in [3.8, 4) is 0 Å². The highest BCUT2D eigenvalue weighted by molar-refractivity contribution is 5.75. The van der Waals surface area contributed by atoms with Gasteiger partial charge in [0, 0.05) is 6.54 Å². The number of carbonyl (C=O) groups is 1. The predicted octanol–water partition coefficient (Wildman–Crippen LogP) is 1.71. The molecule has 0 aliphatic carbocycles. The summed E-state index contributed by atoms with van der Waals surface area (Å²) in [7, 11) is 0. The van der Waals surface area contributed by atoms with Gasteiger partial charge in [-0.25, -0.2) is 0 Å². The van der Waals surface area contributed by atoms with E-state index in [9.17, 15) is 9.90 Å². The Balaban J connectivity index is 3.93. The number of aliphatic hydroxyl groups excluding tert-OH is 1.